The van der Waals surface area contributed by atoms with Gasteiger partial charge in [-0.3, -0.25) is 4.90 Å². The lowest BCUT2D eigenvalue weighted by Crippen LogP contribution is -2.47. The zero-order chi connectivity index (χ0) is 8.27. The van der Waals surface area contributed by atoms with Crippen molar-refractivity contribution in [3.05, 3.63) is 0 Å². The van der Waals surface area contributed by atoms with E-state index in [2.05, 4.69) is 4.90 Å². The van der Waals surface area contributed by atoms with Crippen molar-refractivity contribution in [3.8, 4) is 0 Å². The monoisotopic (exact) mass is 156 g/mol. The van der Waals surface area contributed by atoms with Crippen molar-refractivity contribution in [2.24, 2.45) is 5.73 Å². The lowest BCUT2D eigenvalue weighted by Gasteiger charge is -2.32. The van der Waals surface area contributed by atoms with Crippen LogP contribution in [0.15, 0.2) is 0 Å². The highest BCUT2D eigenvalue weighted by Crippen LogP contribution is 2.09. The van der Waals surface area contributed by atoms with Crippen molar-refractivity contribution >= 4 is 6.29 Å². The van der Waals surface area contributed by atoms with Crippen LogP contribution in [0.1, 0.15) is 19.8 Å². The SMILES string of the molecule is CC(C=O)N1CCCC(N)C1. The highest BCUT2D eigenvalue weighted by Gasteiger charge is 2.20. The van der Waals surface area contributed by atoms with Crippen LogP contribution in [-0.4, -0.2) is 36.4 Å². The van der Waals surface area contributed by atoms with Crippen LogP contribution in [0, 0.1) is 0 Å². The second kappa shape index (κ2) is 3.83. The number of hydrogen-bond donors (Lipinski definition) is 1. The number of piperidine rings is 1. The maximum absolute atomic E-state index is 10.4. The normalized spacial score (nSPS) is 29.8. The van der Waals surface area contributed by atoms with Crippen LogP contribution in [-0.2, 0) is 4.79 Å². The molecule has 0 aromatic rings. The number of likely N-dealkylation sites (tertiary alicyclic amines) is 1. The molecule has 1 aliphatic rings. The molecule has 2 N–H and O–H groups in total. The number of carbonyl (C=O) groups excluding carboxylic acids is 1. The minimum Gasteiger partial charge on any atom is -0.327 e. The van der Waals surface area contributed by atoms with Crippen molar-refractivity contribution in [3.63, 3.8) is 0 Å². The first-order valence-corrected chi connectivity index (χ1v) is 4.19. The molecule has 64 valence electrons. The third-order valence-corrected chi connectivity index (χ3v) is 2.26. The Kier molecular flexibility index (Phi) is 3.02. The average molecular weight is 156 g/mol. The molecule has 11 heavy (non-hydrogen) atoms. The standard InChI is InChI=1S/C8H16N2O/c1-7(6-11)10-4-2-3-8(9)5-10/h6-8H,2-5,9H2,1H3. The topological polar surface area (TPSA) is 46.3 Å². The van der Waals surface area contributed by atoms with E-state index in [0.717, 1.165) is 32.2 Å². The number of rotatable bonds is 2. The summed E-state index contributed by atoms with van der Waals surface area (Å²) < 4.78 is 0. The minimum atomic E-state index is 0.0429. The largest absolute Gasteiger partial charge is 0.327 e. The number of aldehydes is 1. The van der Waals surface area contributed by atoms with Gasteiger partial charge in [-0.05, 0) is 26.3 Å². The molecule has 1 saturated heterocycles. The van der Waals surface area contributed by atoms with Crippen LogP contribution in [0.2, 0.25) is 0 Å². The van der Waals surface area contributed by atoms with Crippen molar-refractivity contribution in [2.75, 3.05) is 13.1 Å². The first kappa shape index (κ1) is 8.68. The van der Waals surface area contributed by atoms with Gasteiger partial charge >= 0.3 is 0 Å². The zero-order valence-corrected chi connectivity index (χ0v) is 6.99. The van der Waals surface area contributed by atoms with Crippen LogP contribution in [0.5, 0.6) is 0 Å². The van der Waals surface area contributed by atoms with Gasteiger partial charge in [-0.1, -0.05) is 0 Å². The predicted octanol–water partition coefficient (Wildman–Crippen LogP) is -0.00310. The lowest BCUT2D eigenvalue weighted by molar-refractivity contribution is -0.112. The Labute approximate surface area is 67.5 Å². The fourth-order valence-electron chi connectivity index (χ4n) is 1.50. The molecule has 3 nitrogen and oxygen atoms in total. The van der Waals surface area contributed by atoms with E-state index in [1.165, 1.54) is 0 Å². The molecule has 2 unspecified atom stereocenters. The second-order valence-corrected chi connectivity index (χ2v) is 3.27. The molecule has 0 aromatic carbocycles. The van der Waals surface area contributed by atoms with E-state index in [1.54, 1.807) is 0 Å². The number of nitrogens with two attached hydrogens (primary N) is 1. The number of carbonyl (C=O) groups is 1. The van der Waals surface area contributed by atoms with E-state index < -0.39 is 0 Å². The molecule has 1 rings (SSSR count). The summed E-state index contributed by atoms with van der Waals surface area (Å²) in [6, 6.07) is 0.312. The van der Waals surface area contributed by atoms with Crippen LogP contribution >= 0.6 is 0 Å². The number of nitrogens with zero attached hydrogens (tertiary/aromatic N) is 1. The summed E-state index contributed by atoms with van der Waals surface area (Å²) in [4.78, 5) is 12.6. The van der Waals surface area contributed by atoms with Gasteiger partial charge in [0, 0.05) is 12.6 Å². The van der Waals surface area contributed by atoms with E-state index in [0.29, 0.717) is 0 Å². The van der Waals surface area contributed by atoms with Gasteiger partial charge in [0.25, 0.3) is 0 Å². The van der Waals surface area contributed by atoms with Crippen LogP contribution in [0.4, 0.5) is 0 Å². The molecular formula is C8H16N2O. The van der Waals surface area contributed by atoms with Gasteiger partial charge in [-0.2, -0.15) is 0 Å². The summed E-state index contributed by atoms with van der Waals surface area (Å²) in [7, 11) is 0. The van der Waals surface area contributed by atoms with E-state index in [4.69, 9.17) is 5.73 Å². The minimum absolute atomic E-state index is 0.0429. The van der Waals surface area contributed by atoms with Gasteiger partial charge in [0.15, 0.2) is 0 Å². The maximum atomic E-state index is 10.4. The molecule has 1 heterocycles. The first-order valence-electron chi connectivity index (χ1n) is 4.19. The van der Waals surface area contributed by atoms with Gasteiger partial charge < -0.3 is 10.5 Å². The number of hydrogen-bond acceptors (Lipinski definition) is 3. The van der Waals surface area contributed by atoms with Crippen LogP contribution in [0.25, 0.3) is 0 Å². The molecule has 0 bridgehead atoms. The maximum Gasteiger partial charge on any atom is 0.136 e. The van der Waals surface area contributed by atoms with Crippen molar-refractivity contribution in [2.45, 2.75) is 31.8 Å². The van der Waals surface area contributed by atoms with Gasteiger partial charge in [-0.15, -0.1) is 0 Å². The Morgan fingerprint density at radius 2 is 2.45 bits per heavy atom. The first-order chi connectivity index (χ1) is 5.24. The zero-order valence-electron chi connectivity index (χ0n) is 6.99. The molecule has 3 heteroatoms. The molecule has 1 fully saturated rings. The predicted molar refractivity (Wildman–Crippen MR) is 44.3 cm³/mol. The van der Waals surface area contributed by atoms with Gasteiger partial charge in [0.2, 0.25) is 0 Å². The fraction of sp³-hybridized carbons (Fsp3) is 0.875. The van der Waals surface area contributed by atoms with Gasteiger partial charge in [0.05, 0.1) is 6.04 Å². The lowest BCUT2D eigenvalue weighted by atomic mass is 10.1. The summed E-state index contributed by atoms with van der Waals surface area (Å²) in [5, 5.41) is 0. The fourth-order valence-corrected chi connectivity index (χ4v) is 1.50. The molecule has 0 aromatic heterocycles. The van der Waals surface area contributed by atoms with Crippen molar-refractivity contribution in [1.29, 1.82) is 0 Å². The summed E-state index contributed by atoms with van der Waals surface area (Å²) in [6.07, 6.45) is 3.21. The average Bonchev–Trinajstić information content (AvgIpc) is 2.03. The molecule has 0 saturated carbocycles. The molecular weight excluding hydrogens is 140 g/mol. The summed E-state index contributed by atoms with van der Waals surface area (Å²) >= 11 is 0. The van der Waals surface area contributed by atoms with Crippen LogP contribution in [0.3, 0.4) is 0 Å². The van der Waals surface area contributed by atoms with Gasteiger partial charge in [-0.25, -0.2) is 0 Å². The van der Waals surface area contributed by atoms with Crippen molar-refractivity contribution in [1.82, 2.24) is 4.90 Å². The molecule has 1 aliphatic heterocycles. The molecule has 0 amide bonds. The Hall–Kier alpha value is -0.410. The summed E-state index contributed by atoms with van der Waals surface area (Å²) in [5.41, 5.74) is 5.76. The van der Waals surface area contributed by atoms with E-state index in [-0.39, 0.29) is 12.1 Å². The third-order valence-electron chi connectivity index (χ3n) is 2.26. The highest BCUT2D eigenvalue weighted by atomic mass is 16.1. The van der Waals surface area contributed by atoms with E-state index >= 15 is 0 Å². The Morgan fingerprint density at radius 3 is 3.00 bits per heavy atom. The molecule has 0 aliphatic carbocycles. The van der Waals surface area contributed by atoms with E-state index in [9.17, 15) is 4.79 Å². The Balaban J connectivity index is 2.38. The van der Waals surface area contributed by atoms with Gasteiger partial charge in [0.1, 0.15) is 6.29 Å². The third kappa shape index (κ3) is 2.27. The van der Waals surface area contributed by atoms with E-state index in [1.807, 2.05) is 6.92 Å². The second-order valence-electron chi connectivity index (χ2n) is 3.27. The van der Waals surface area contributed by atoms with Crippen LogP contribution < -0.4 is 5.73 Å². The quantitative estimate of drug-likeness (QED) is 0.572. The smallest absolute Gasteiger partial charge is 0.136 e. The van der Waals surface area contributed by atoms with Crippen molar-refractivity contribution < 1.29 is 4.79 Å². The molecule has 0 spiro atoms. The molecule has 2 atom stereocenters. The summed E-state index contributed by atoms with van der Waals surface area (Å²) in [5.74, 6) is 0. The molecule has 0 radical (unpaired) electrons. The Bertz CT molecular complexity index is 138. The Morgan fingerprint density at radius 1 is 1.73 bits per heavy atom. The summed E-state index contributed by atoms with van der Waals surface area (Å²) in [6.45, 7) is 3.82. The highest BCUT2D eigenvalue weighted by molar-refractivity contribution is 5.56.